The number of rotatable bonds is 7. The Labute approximate surface area is 247 Å². The molecule has 0 spiro atoms. The van der Waals surface area contributed by atoms with E-state index in [1.165, 1.54) is 17.7 Å². The maximum absolute atomic E-state index is 13.0. The second kappa shape index (κ2) is 11.1. The Morgan fingerprint density at radius 3 is 2.83 bits per heavy atom. The zero-order valence-corrected chi connectivity index (χ0v) is 24.4. The largest absolute Gasteiger partial charge is 0.378 e. The summed E-state index contributed by atoms with van der Waals surface area (Å²) in [4.78, 5) is 32.6. The number of hydrogen-bond acceptors (Lipinski definition) is 12. The molecule has 1 aliphatic heterocycles. The van der Waals surface area contributed by atoms with Crippen molar-refractivity contribution in [3.63, 3.8) is 0 Å². The number of carbonyl (C=O) groups excluding carboxylic acids is 1. The topological polar surface area (TPSA) is 181 Å². The summed E-state index contributed by atoms with van der Waals surface area (Å²) in [5.41, 5.74) is 12.4. The van der Waals surface area contributed by atoms with Crippen LogP contribution in [0.5, 0.6) is 0 Å². The van der Waals surface area contributed by atoms with Crippen molar-refractivity contribution in [3.05, 3.63) is 51.0 Å². The van der Waals surface area contributed by atoms with Crippen LogP contribution < -0.4 is 27.1 Å². The van der Waals surface area contributed by atoms with Gasteiger partial charge >= 0.3 is 0 Å². The van der Waals surface area contributed by atoms with E-state index in [1.807, 2.05) is 11.4 Å². The Kier molecular flexibility index (Phi) is 7.09. The maximum atomic E-state index is 13.0. The van der Waals surface area contributed by atoms with Crippen molar-refractivity contribution in [1.29, 1.82) is 0 Å². The van der Waals surface area contributed by atoms with Gasteiger partial charge in [0, 0.05) is 49.0 Å². The lowest BCUT2D eigenvalue weighted by atomic mass is 9.91. The number of carbonyl (C=O) groups is 1. The Morgan fingerprint density at radius 1 is 1.19 bits per heavy atom. The Balaban J connectivity index is 1.23. The number of nitrogens with two attached hydrogens (primary N) is 1. The minimum absolute atomic E-state index is 0.0133. The van der Waals surface area contributed by atoms with Crippen molar-refractivity contribution in [2.24, 2.45) is 5.73 Å². The number of quaternary nitrogens is 1. The van der Waals surface area contributed by atoms with Crippen molar-refractivity contribution < 1.29 is 19.8 Å². The van der Waals surface area contributed by atoms with Gasteiger partial charge in [0.25, 0.3) is 5.91 Å². The fourth-order valence-electron chi connectivity index (χ4n) is 5.71. The third kappa shape index (κ3) is 4.91. The molecule has 6 heterocycles. The summed E-state index contributed by atoms with van der Waals surface area (Å²) in [6.07, 6.45) is 6.00. The van der Waals surface area contributed by atoms with E-state index in [0.717, 1.165) is 54.0 Å². The first-order chi connectivity index (χ1) is 20.5. The molecule has 0 radical (unpaired) electrons. The highest BCUT2D eigenvalue weighted by atomic mass is 32.1. The lowest BCUT2D eigenvalue weighted by Gasteiger charge is -2.28. The van der Waals surface area contributed by atoms with Gasteiger partial charge in [-0.05, 0) is 12.8 Å². The van der Waals surface area contributed by atoms with Gasteiger partial charge in [0.05, 0.1) is 45.0 Å². The van der Waals surface area contributed by atoms with Crippen molar-refractivity contribution in [2.45, 2.75) is 44.2 Å². The van der Waals surface area contributed by atoms with E-state index in [1.54, 1.807) is 21.8 Å². The van der Waals surface area contributed by atoms with Gasteiger partial charge in [-0.15, -0.1) is 32.9 Å². The lowest BCUT2D eigenvalue weighted by molar-refractivity contribution is -0.427. The van der Waals surface area contributed by atoms with E-state index in [0.29, 0.717) is 46.7 Å². The predicted molar refractivity (Wildman–Crippen MR) is 159 cm³/mol. The number of primary amides is 1. The van der Waals surface area contributed by atoms with E-state index in [-0.39, 0.29) is 29.5 Å². The van der Waals surface area contributed by atoms with Crippen LogP contribution in [0, 0.1) is 0 Å². The molecule has 0 unspecified atom stereocenters. The molecule has 7 rings (SSSR count). The van der Waals surface area contributed by atoms with Crippen LogP contribution in [0.25, 0.3) is 26.4 Å². The first-order valence-electron chi connectivity index (χ1n) is 13.9. The molecule has 2 fully saturated rings. The molecule has 218 valence electrons. The van der Waals surface area contributed by atoms with E-state index in [2.05, 4.69) is 31.3 Å². The molecule has 42 heavy (non-hydrogen) atoms. The Hall–Kier alpha value is -3.92. The number of morpholine rings is 1. The molecule has 1 saturated heterocycles. The van der Waals surface area contributed by atoms with Gasteiger partial charge in [0.2, 0.25) is 5.95 Å². The van der Waals surface area contributed by atoms with E-state index in [9.17, 15) is 9.59 Å². The highest BCUT2D eigenvalue weighted by Gasteiger charge is 2.28. The van der Waals surface area contributed by atoms with Gasteiger partial charge < -0.3 is 30.9 Å². The average molecular weight is 609 g/mol. The smallest absolute Gasteiger partial charge is 0.254 e. The van der Waals surface area contributed by atoms with Crippen LogP contribution in [-0.2, 0) is 11.2 Å². The van der Waals surface area contributed by atoms with Gasteiger partial charge in [-0.1, -0.05) is 11.6 Å². The zero-order chi connectivity index (χ0) is 28.8. The van der Waals surface area contributed by atoms with Crippen LogP contribution in [0.4, 0.5) is 10.9 Å². The summed E-state index contributed by atoms with van der Waals surface area (Å²) >= 11 is 2.96. The van der Waals surface area contributed by atoms with Crippen molar-refractivity contribution in [3.8, 4) is 11.3 Å². The van der Waals surface area contributed by atoms with Crippen molar-refractivity contribution in [2.75, 3.05) is 36.5 Å². The second-order valence-electron chi connectivity index (χ2n) is 10.7. The fraction of sp³-hybridized carbons (Fsp3) is 0.407. The van der Waals surface area contributed by atoms with Gasteiger partial charge in [-0.3, -0.25) is 14.0 Å². The standard InChI is InChI=1S/C27H29N9O4S2/c28-16-3-1-2-4-17(16)31-27-32-18(22(25(29)38)26-33-30-13-36(26)27)9-14-10-20(40-34-14)15-12-41-24-19(37)11-21(42-23(15)24)35-5-7-39-8-6-35/h10-13,16-17H,1-9,28H2,(H2,29,38)(H,31,32)/p+1/t16-,17+/m1/s1. The Bertz CT molecular complexity index is 1840. The molecule has 6 N–H and O–H groups in total. The highest BCUT2D eigenvalue weighted by Crippen LogP contribution is 2.39. The van der Waals surface area contributed by atoms with Crippen LogP contribution in [-0.4, -0.2) is 69.0 Å². The number of anilines is 2. The average Bonchev–Trinajstić information content (AvgIpc) is 3.75. The third-order valence-corrected chi connectivity index (χ3v) is 10.3. The SMILES string of the molecule is NC(=O)c1c(Cc2cc(-c3csc4c(=O)cc(N5CCOCC5)sc34)on2)nc(N[C@H]2CCCC[C@H]2[NH3+])n2cnnc12. The predicted octanol–water partition coefficient (Wildman–Crippen LogP) is 1.91. The summed E-state index contributed by atoms with van der Waals surface area (Å²) in [7, 11) is 0. The van der Waals surface area contributed by atoms with Gasteiger partial charge in [0.1, 0.15) is 17.9 Å². The molecule has 15 heteroatoms. The molecule has 13 nitrogen and oxygen atoms in total. The van der Waals surface area contributed by atoms with Gasteiger partial charge in [-0.2, -0.15) is 0 Å². The van der Waals surface area contributed by atoms with E-state index < -0.39 is 5.91 Å². The molecular formula is C27H30N9O4S2+. The number of amides is 1. The summed E-state index contributed by atoms with van der Waals surface area (Å²) in [6.45, 7) is 2.76. The number of nitrogens with one attached hydrogen (secondary N) is 1. The minimum Gasteiger partial charge on any atom is -0.378 e. The normalized spacial score (nSPS) is 19.5. The first kappa shape index (κ1) is 26.9. The molecule has 1 saturated carbocycles. The summed E-state index contributed by atoms with van der Waals surface area (Å²) in [5, 5.41) is 18.9. The molecular weight excluding hydrogens is 578 g/mol. The highest BCUT2D eigenvalue weighted by molar-refractivity contribution is 7.28. The quantitative estimate of drug-likeness (QED) is 0.247. The Morgan fingerprint density at radius 2 is 2.02 bits per heavy atom. The first-order valence-corrected chi connectivity index (χ1v) is 15.6. The summed E-state index contributed by atoms with van der Waals surface area (Å²) in [5.74, 6) is 0.418. The van der Waals surface area contributed by atoms with Crippen LogP contribution in [0.15, 0.2) is 33.2 Å². The zero-order valence-electron chi connectivity index (χ0n) is 22.7. The molecule has 1 amide bonds. The lowest BCUT2D eigenvalue weighted by Crippen LogP contribution is -2.68. The maximum Gasteiger partial charge on any atom is 0.254 e. The number of thiophene rings is 1. The van der Waals surface area contributed by atoms with E-state index >= 15 is 0 Å². The van der Waals surface area contributed by atoms with Crippen LogP contribution in [0.3, 0.4) is 0 Å². The number of nitrogens with zero attached hydrogens (tertiary/aromatic N) is 6. The number of hydrogen-bond donors (Lipinski definition) is 3. The molecule has 5 aromatic heterocycles. The number of fused-ring (bicyclic) bond motifs is 2. The number of aromatic nitrogens is 5. The van der Waals surface area contributed by atoms with Gasteiger partial charge in [0.15, 0.2) is 16.8 Å². The van der Waals surface area contributed by atoms with Crippen molar-refractivity contribution in [1.82, 2.24) is 24.7 Å². The minimum atomic E-state index is -0.650. The second-order valence-corrected chi connectivity index (χ2v) is 12.6. The summed E-state index contributed by atoms with van der Waals surface area (Å²) < 4.78 is 14.5. The molecule has 0 bridgehead atoms. The van der Waals surface area contributed by atoms with Crippen molar-refractivity contribution >= 4 is 54.6 Å². The molecule has 2 aliphatic rings. The fourth-order valence-corrected chi connectivity index (χ4v) is 8.06. The molecule has 1 aliphatic carbocycles. The van der Waals surface area contributed by atoms with Gasteiger partial charge in [-0.25, -0.2) is 4.98 Å². The number of ether oxygens (including phenoxy) is 1. The third-order valence-electron chi connectivity index (χ3n) is 7.93. The summed E-state index contributed by atoms with van der Waals surface area (Å²) in [6, 6.07) is 3.91. The molecule has 2 atom stereocenters. The molecule has 0 aromatic carbocycles. The molecule has 5 aromatic rings. The van der Waals surface area contributed by atoms with Crippen LogP contribution >= 0.6 is 22.7 Å². The van der Waals surface area contributed by atoms with Crippen LogP contribution in [0.2, 0.25) is 0 Å². The van der Waals surface area contributed by atoms with Crippen LogP contribution in [0.1, 0.15) is 47.4 Å². The van der Waals surface area contributed by atoms with E-state index in [4.69, 9.17) is 20.0 Å². The monoisotopic (exact) mass is 608 g/mol.